The van der Waals surface area contributed by atoms with Crippen LogP contribution < -0.4 is 0 Å². The molecule has 0 spiro atoms. The van der Waals surface area contributed by atoms with Gasteiger partial charge in [0, 0.05) is 12.6 Å². The SMILES string of the molecule is CC(C)(C)OC(=O)N1CCOC[C@@H]1/C=C/C(=O)O. The van der Waals surface area contributed by atoms with E-state index >= 15 is 0 Å². The molecule has 1 aliphatic heterocycles. The first-order valence-electron chi connectivity index (χ1n) is 5.78. The summed E-state index contributed by atoms with van der Waals surface area (Å²) in [6, 6.07) is -0.398. The van der Waals surface area contributed by atoms with E-state index in [1.165, 1.54) is 11.0 Å². The zero-order valence-electron chi connectivity index (χ0n) is 10.9. The lowest BCUT2D eigenvalue weighted by Crippen LogP contribution is -2.49. The molecule has 6 heteroatoms. The van der Waals surface area contributed by atoms with Gasteiger partial charge >= 0.3 is 12.1 Å². The van der Waals surface area contributed by atoms with Gasteiger partial charge in [0.2, 0.25) is 0 Å². The van der Waals surface area contributed by atoms with Crippen molar-refractivity contribution in [2.24, 2.45) is 0 Å². The van der Waals surface area contributed by atoms with Crippen molar-refractivity contribution in [3.05, 3.63) is 12.2 Å². The summed E-state index contributed by atoms with van der Waals surface area (Å²) in [7, 11) is 0. The Bertz CT molecular complexity index is 345. The third-order valence-corrected chi connectivity index (χ3v) is 2.25. The summed E-state index contributed by atoms with van der Waals surface area (Å²) in [5, 5.41) is 8.59. The number of carboxylic acid groups (broad SMARTS) is 1. The molecule has 0 bridgehead atoms. The van der Waals surface area contributed by atoms with Crippen LogP contribution in [0.3, 0.4) is 0 Å². The number of carboxylic acids is 1. The number of hydrogen-bond acceptors (Lipinski definition) is 4. The molecule has 0 aliphatic carbocycles. The number of aliphatic carboxylic acids is 1. The van der Waals surface area contributed by atoms with Crippen molar-refractivity contribution in [3.63, 3.8) is 0 Å². The fourth-order valence-corrected chi connectivity index (χ4v) is 1.52. The minimum absolute atomic E-state index is 0.281. The van der Waals surface area contributed by atoms with Crippen molar-refractivity contribution in [1.29, 1.82) is 0 Å². The number of carbonyl (C=O) groups is 2. The summed E-state index contributed by atoms with van der Waals surface area (Å²) in [6.07, 6.45) is 1.99. The Morgan fingerprint density at radius 3 is 2.67 bits per heavy atom. The van der Waals surface area contributed by atoms with Crippen molar-refractivity contribution in [3.8, 4) is 0 Å². The fraction of sp³-hybridized carbons (Fsp3) is 0.667. The van der Waals surface area contributed by atoms with E-state index in [1.54, 1.807) is 20.8 Å². The monoisotopic (exact) mass is 257 g/mol. The van der Waals surface area contributed by atoms with Crippen molar-refractivity contribution >= 4 is 12.1 Å². The van der Waals surface area contributed by atoms with Gasteiger partial charge in [-0.1, -0.05) is 6.08 Å². The molecule has 1 rings (SSSR count). The maximum absolute atomic E-state index is 11.9. The molecule has 1 aliphatic rings. The zero-order chi connectivity index (χ0) is 13.8. The van der Waals surface area contributed by atoms with Gasteiger partial charge in [-0.25, -0.2) is 9.59 Å². The summed E-state index contributed by atoms with van der Waals surface area (Å²) in [5.41, 5.74) is -0.573. The molecule has 0 aromatic carbocycles. The molecule has 1 heterocycles. The van der Waals surface area contributed by atoms with Gasteiger partial charge in [-0.05, 0) is 20.8 Å². The Hall–Kier alpha value is -1.56. The highest BCUT2D eigenvalue weighted by Crippen LogP contribution is 2.15. The van der Waals surface area contributed by atoms with Crippen LogP contribution >= 0.6 is 0 Å². The van der Waals surface area contributed by atoms with Crippen molar-refractivity contribution in [2.45, 2.75) is 32.4 Å². The normalized spacial score (nSPS) is 21.1. The molecule has 0 saturated carbocycles. The average molecular weight is 257 g/mol. The number of morpholine rings is 1. The van der Waals surface area contributed by atoms with Crippen LogP contribution in [-0.2, 0) is 14.3 Å². The van der Waals surface area contributed by atoms with Crippen LogP contribution in [0.1, 0.15) is 20.8 Å². The number of nitrogens with zero attached hydrogens (tertiary/aromatic N) is 1. The molecular weight excluding hydrogens is 238 g/mol. The number of rotatable bonds is 2. The van der Waals surface area contributed by atoms with Crippen LogP contribution in [0.5, 0.6) is 0 Å². The van der Waals surface area contributed by atoms with E-state index in [1.807, 2.05) is 0 Å². The molecule has 1 saturated heterocycles. The second-order valence-electron chi connectivity index (χ2n) is 5.01. The molecule has 0 aromatic rings. The number of ether oxygens (including phenoxy) is 2. The van der Waals surface area contributed by atoms with Crippen LogP contribution in [0.2, 0.25) is 0 Å². The third kappa shape index (κ3) is 4.75. The molecule has 0 radical (unpaired) electrons. The number of amides is 1. The Kier molecular flexibility index (Phi) is 4.72. The lowest BCUT2D eigenvalue weighted by molar-refractivity contribution is -0.131. The van der Waals surface area contributed by atoms with Gasteiger partial charge in [-0.3, -0.25) is 4.90 Å². The van der Waals surface area contributed by atoms with Gasteiger partial charge in [0.05, 0.1) is 19.3 Å². The van der Waals surface area contributed by atoms with Crippen molar-refractivity contribution in [2.75, 3.05) is 19.8 Å². The Balaban J connectivity index is 2.70. The van der Waals surface area contributed by atoms with Crippen molar-refractivity contribution < 1.29 is 24.2 Å². The van der Waals surface area contributed by atoms with Crippen LogP contribution in [0.15, 0.2) is 12.2 Å². The zero-order valence-corrected chi connectivity index (χ0v) is 10.9. The first kappa shape index (κ1) is 14.5. The summed E-state index contributed by atoms with van der Waals surface area (Å²) >= 11 is 0. The predicted octanol–water partition coefficient (Wildman–Crippen LogP) is 1.26. The summed E-state index contributed by atoms with van der Waals surface area (Å²) in [5.74, 6) is -1.05. The van der Waals surface area contributed by atoms with Crippen LogP contribution in [-0.4, -0.2) is 53.5 Å². The van der Waals surface area contributed by atoms with E-state index < -0.39 is 23.7 Å². The van der Waals surface area contributed by atoms with Crippen molar-refractivity contribution in [1.82, 2.24) is 4.90 Å². The van der Waals surface area contributed by atoms with Crippen LogP contribution in [0.25, 0.3) is 0 Å². The lowest BCUT2D eigenvalue weighted by Gasteiger charge is -2.35. The highest BCUT2D eigenvalue weighted by Gasteiger charge is 2.29. The standard InChI is InChI=1S/C12H19NO5/c1-12(2,3)18-11(16)13-6-7-17-8-9(13)4-5-10(14)15/h4-5,9H,6-8H2,1-3H3,(H,14,15)/b5-4+/t9-/m0/s1. The van der Waals surface area contributed by atoms with Gasteiger partial charge in [-0.2, -0.15) is 0 Å². The topological polar surface area (TPSA) is 76.1 Å². The second-order valence-corrected chi connectivity index (χ2v) is 5.01. The summed E-state index contributed by atoms with van der Waals surface area (Å²) < 4.78 is 10.5. The minimum atomic E-state index is -1.05. The molecule has 0 unspecified atom stereocenters. The van der Waals surface area contributed by atoms with E-state index in [0.717, 1.165) is 6.08 Å². The molecular formula is C12H19NO5. The molecule has 1 N–H and O–H groups in total. The quantitative estimate of drug-likeness (QED) is 0.754. The molecule has 102 valence electrons. The second kappa shape index (κ2) is 5.86. The Labute approximate surface area is 106 Å². The molecule has 1 amide bonds. The number of hydrogen-bond donors (Lipinski definition) is 1. The van der Waals surface area contributed by atoms with E-state index in [-0.39, 0.29) is 6.61 Å². The highest BCUT2D eigenvalue weighted by atomic mass is 16.6. The molecule has 18 heavy (non-hydrogen) atoms. The summed E-state index contributed by atoms with van der Waals surface area (Å²) in [4.78, 5) is 23.9. The number of carbonyl (C=O) groups excluding carboxylic acids is 1. The van der Waals surface area contributed by atoms with E-state index in [9.17, 15) is 9.59 Å². The molecule has 6 nitrogen and oxygen atoms in total. The van der Waals surface area contributed by atoms with E-state index in [2.05, 4.69) is 0 Å². The van der Waals surface area contributed by atoms with Gasteiger partial charge in [0.15, 0.2) is 0 Å². The first-order chi connectivity index (χ1) is 8.29. The van der Waals surface area contributed by atoms with Gasteiger partial charge < -0.3 is 14.6 Å². The third-order valence-electron chi connectivity index (χ3n) is 2.25. The Morgan fingerprint density at radius 2 is 2.11 bits per heavy atom. The molecule has 1 atom stereocenters. The maximum Gasteiger partial charge on any atom is 0.410 e. The van der Waals surface area contributed by atoms with E-state index in [0.29, 0.717) is 13.2 Å². The maximum atomic E-state index is 11.9. The average Bonchev–Trinajstić information content (AvgIpc) is 2.24. The smallest absolute Gasteiger partial charge is 0.410 e. The summed E-state index contributed by atoms with van der Waals surface area (Å²) in [6.45, 7) is 6.46. The fourth-order valence-electron chi connectivity index (χ4n) is 1.52. The molecule has 1 fully saturated rings. The Morgan fingerprint density at radius 1 is 1.44 bits per heavy atom. The lowest BCUT2D eigenvalue weighted by atomic mass is 10.2. The van der Waals surface area contributed by atoms with Crippen LogP contribution in [0, 0.1) is 0 Å². The van der Waals surface area contributed by atoms with E-state index in [4.69, 9.17) is 14.6 Å². The highest BCUT2D eigenvalue weighted by molar-refractivity contribution is 5.80. The first-order valence-corrected chi connectivity index (χ1v) is 5.78. The van der Waals surface area contributed by atoms with Gasteiger partial charge in [-0.15, -0.1) is 0 Å². The molecule has 0 aromatic heterocycles. The largest absolute Gasteiger partial charge is 0.478 e. The predicted molar refractivity (Wildman–Crippen MR) is 64.3 cm³/mol. The van der Waals surface area contributed by atoms with Gasteiger partial charge in [0.1, 0.15) is 5.60 Å². The minimum Gasteiger partial charge on any atom is -0.478 e. The van der Waals surface area contributed by atoms with Gasteiger partial charge in [0.25, 0.3) is 0 Å². The van der Waals surface area contributed by atoms with Crippen LogP contribution in [0.4, 0.5) is 4.79 Å².